The number of amidine groups is 1. The van der Waals surface area contributed by atoms with Crippen LogP contribution in [0.5, 0.6) is 0 Å². The van der Waals surface area contributed by atoms with Gasteiger partial charge < -0.3 is 4.90 Å². The number of hydrogen-bond acceptors (Lipinski definition) is 5. The number of carbonyl (C=O) groups is 2. The molecule has 0 spiro atoms. The molecule has 1 fully saturated rings. The Bertz CT molecular complexity index is 1560. The Hall–Kier alpha value is -4.56. The first-order valence-electron chi connectivity index (χ1n) is 14.6. The molecule has 4 aromatic rings. The summed E-state index contributed by atoms with van der Waals surface area (Å²) in [5.74, 6) is -0.498. The average molecular weight is 579 g/mol. The lowest BCUT2D eigenvalue weighted by atomic mass is 9.82. The van der Waals surface area contributed by atoms with E-state index in [-0.39, 0.29) is 17.6 Å². The highest BCUT2D eigenvalue weighted by Gasteiger charge is 2.51. The molecule has 2 aliphatic rings. The third-order valence-corrected chi connectivity index (χ3v) is 8.37. The summed E-state index contributed by atoms with van der Waals surface area (Å²) < 4.78 is 27.9. The van der Waals surface area contributed by atoms with Crippen LogP contribution < -0.4 is 0 Å². The zero-order chi connectivity index (χ0) is 29.8. The van der Waals surface area contributed by atoms with Crippen LogP contribution in [0, 0.1) is 17.6 Å². The predicted molar refractivity (Wildman–Crippen MR) is 161 cm³/mol. The van der Waals surface area contributed by atoms with Crippen molar-refractivity contribution in [3.05, 3.63) is 137 Å². The van der Waals surface area contributed by atoms with Crippen molar-refractivity contribution in [1.82, 2.24) is 14.8 Å². The Balaban J connectivity index is 1.22. The number of nitrogens with zero attached hydrogens (tertiary/aromatic N) is 4. The van der Waals surface area contributed by atoms with Gasteiger partial charge >= 0.3 is 0 Å². The predicted octanol–water partition coefficient (Wildman–Crippen LogP) is 5.88. The maximum absolute atomic E-state index is 14.5. The molecular formula is C35H32F2N4O2. The first-order valence-corrected chi connectivity index (χ1v) is 14.6. The lowest BCUT2D eigenvalue weighted by Crippen LogP contribution is -2.43. The first kappa shape index (κ1) is 28.6. The van der Waals surface area contributed by atoms with Crippen LogP contribution in [0.25, 0.3) is 0 Å². The smallest absolute Gasteiger partial charge is 0.265 e. The van der Waals surface area contributed by atoms with Crippen molar-refractivity contribution in [2.75, 3.05) is 26.2 Å². The average Bonchev–Trinajstić information content (AvgIpc) is 3.35. The van der Waals surface area contributed by atoms with E-state index in [4.69, 9.17) is 4.99 Å². The van der Waals surface area contributed by atoms with Gasteiger partial charge in [-0.25, -0.2) is 13.8 Å². The SMILES string of the molecule is O=C(c1ccccc1)C1CCN(CCCN2C(=O)C(c3ccc(F)cc3)(c3ccc(F)cc3)N=C2c2ccccn2)CC1. The van der Waals surface area contributed by atoms with Crippen molar-refractivity contribution in [3.63, 3.8) is 0 Å². The Morgan fingerprint density at radius 1 is 0.791 bits per heavy atom. The number of piperidine rings is 1. The van der Waals surface area contributed by atoms with Crippen LogP contribution in [0.1, 0.15) is 46.4 Å². The van der Waals surface area contributed by atoms with Crippen LogP contribution in [-0.2, 0) is 10.3 Å². The van der Waals surface area contributed by atoms with Crippen LogP contribution in [0.4, 0.5) is 8.78 Å². The van der Waals surface area contributed by atoms with Gasteiger partial charge in [0.1, 0.15) is 17.3 Å². The molecule has 1 amide bonds. The van der Waals surface area contributed by atoms with Crippen LogP contribution in [0.3, 0.4) is 0 Å². The molecule has 0 radical (unpaired) electrons. The molecule has 6 rings (SSSR count). The second-order valence-electron chi connectivity index (χ2n) is 11.0. The number of rotatable bonds is 9. The Labute approximate surface area is 249 Å². The van der Waals surface area contributed by atoms with Crippen LogP contribution in [0.2, 0.25) is 0 Å². The molecular weight excluding hydrogens is 546 g/mol. The number of carbonyl (C=O) groups excluding carboxylic acids is 2. The van der Waals surface area contributed by atoms with Gasteiger partial charge in [-0.15, -0.1) is 0 Å². The molecule has 0 N–H and O–H groups in total. The van der Waals surface area contributed by atoms with Gasteiger partial charge in [-0.1, -0.05) is 60.7 Å². The Kier molecular flexibility index (Phi) is 8.20. The minimum Gasteiger partial charge on any atom is -0.303 e. The summed E-state index contributed by atoms with van der Waals surface area (Å²) in [5, 5.41) is 0. The molecule has 2 aliphatic heterocycles. The maximum atomic E-state index is 14.5. The molecule has 0 unspecified atom stereocenters. The number of halogens is 2. The van der Waals surface area contributed by atoms with Crippen molar-refractivity contribution in [2.45, 2.75) is 24.8 Å². The van der Waals surface area contributed by atoms with Crippen molar-refractivity contribution in [2.24, 2.45) is 10.9 Å². The Morgan fingerprint density at radius 3 is 1.98 bits per heavy atom. The highest BCUT2D eigenvalue weighted by molar-refractivity contribution is 6.16. The van der Waals surface area contributed by atoms with Gasteiger partial charge in [0.05, 0.1) is 0 Å². The minimum absolute atomic E-state index is 0.0220. The van der Waals surface area contributed by atoms with Crippen LogP contribution in [0.15, 0.2) is 108 Å². The molecule has 43 heavy (non-hydrogen) atoms. The highest BCUT2D eigenvalue weighted by Crippen LogP contribution is 2.41. The number of likely N-dealkylation sites (tertiary alicyclic amines) is 1. The fourth-order valence-electron chi connectivity index (χ4n) is 6.09. The fourth-order valence-corrected chi connectivity index (χ4v) is 6.09. The normalized spacial score (nSPS) is 17.2. The van der Waals surface area contributed by atoms with Crippen molar-refractivity contribution in [3.8, 4) is 0 Å². The van der Waals surface area contributed by atoms with E-state index in [1.165, 1.54) is 24.3 Å². The minimum atomic E-state index is -1.51. The summed E-state index contributed by atoms with van der Waals surface area (Å²) in [6.07, 6.45) is 3.93. The zero-order valence-corrected chi connectivity index (χ0v) is 23.7. The van der Waals surface area contributed by atoms with Crippen molar-refractivity contribution in [1.29, 1.82) is 0 Å². The topological polar surface area (TPSA) is 65.9 Å². The molecule has 6 nitrogen and oxygen atoms in total. The number of aromatic nitrogens is 1. The molecule has 0 bridgehead atoms. The lowest BCUT2D eigenvalue weighted by molar-refractivity contribution is -0.130. The summed E-state index contributed by atoms with van der Waals surface area (Å²) in [6.45, 7) is 2.77. The number of pyridine rings is 1. The number of aliphatic imine (C=N–C) groups is 1. The number of benzene rings is 3. The molecule has 0 aliphatic carbocycles. The van der Waals surface area contributed by atoms with E-state index in [1.54, 1.807) is 47.5 Å². The van der Waals surface area contributed by atoms with E-state index in [0.29, 0.717) is 35.6 Å². The van der Waals surface area contributed by atoms with E-state index in [2.05, 4.69) is 9.88 Å². The number of hydrogen-bond donors (Lipinski definition) is 0. The summed E-state index contributed by atoms with van der Waals surface area (Å²) in [5.41, 5.74) is 0.783. The van der Waals surface area contributed by atoms with Crippen molar-refractivity contribution < 1.29 is 18.4 Å². The van der Waals surface area contributed by atoms with Gasteiger partial charge in [-0.2, -0.15) is 0 Å². The second-order valence-corrected chi connectivity index (χ2v) is 11.0. The maximum Gasteiger partial charge on any atom is 0.265 e. The molecule has 8 heteroatoms. The van der Waals surface area contributed by atoms with Gasteiger partial charge in [0.2, 0.25) is 0 Å². The number of amides is 1. The number of ketones is 1. The molecule has 0 atom stereocenters. The molecule has 0 saturated carbocycles. The van der Waals surface area contributed by atoms with E-state index >= 15 is 0 Å². The first-order chi connectivity index (χ1) is 21.0. The highest BCUT2D eigenvalue weighted by atomic mass is 19.1. The Morgan fingerprint density at radius 2 is 1.40 bits per heavy atom. The quantitative estimate of drug-likeness (QED) is 0.233. The summed E-state index contributed by atoms with van der Waals surface area (Å²) in [4.78, 5) is 40.9. The molecule has 218 valence electrons. The molecule has 1 saturated heterocycles. The third kappa shape index (κ3) is 5.75. The standard InChI is InChI=1S/C35H32F2N4O2/c36-29-14-10-27(11-15-29)35(28-12-16-30(37)17-13-28)34(43)41(33(39-35)31-9-4-5-20-38-31)22-6-21-40-23-18-26(19-24-40)32(42)25-7-2-1-3-8-25/h1-5,7-17,20,26H,6,18-19,21-24H2. The summed E-state index contributed by atoms with van der Waals surface area (Å²) in [7, 11) is 0. The largest absolute Gasteiger partial charge is 0.303 e. The third-order valence-electron chi connectivity index (χ3n) is 8.37. The molecule has 1 aromatic heterocycles. The van der Waals surface area contributed by atoms with Crippen LogP contribution in [-0.4, -0.2) is 58.5 Å². The van der Waals surface area contributed by atoms with Gasteiger partial charge in [-0.3, -0.25) is 19.5 Å². The van der Waals surface area contributed by atoms with E-state index in [0.717, 1.165) is 38.0 Å². The number of Topliss-reactive ketones (excluding diaryl/α,β-unsaturated/α-hetero) is 1. The summed E-state index contributed by atoms with van der Waals surface area (Å²) >= 11 is 0. The molecule has 3 heterocycles. The van der Waals surface area contributed by atoms with E-state index in [9.17, 15) is 18.4 Å². The van der Waals surface area contributed by atoms with Gasteiger partial charge in [0.25, 0.3) is 5.91 Å². The lowest BCUT2D eigenvalue weighted by Gasteiger charge is -2.32. The fraction of sp³-hybridized carbons (Fsp3) is 0.257. The van der Waals surface area contributed by atoms with Gasteiger partial charge in [0, 0.05) is 24.2 Å². The van der Waals surface area contributed by atoms with Crippen LogP contribution >= 0.6 is 0 Å². The summed E-state index contributed by atoms with van der Waals surface area (Å²) in [6, 6.07) is 26.3. The molecule has 3 aromatic carbocycles. The zero-order valence-electron chi connectivity index (χ0n) is 23.7. The van der Waals surface area contributed by atoms with Gasteiger partial charge in [0.15, 0.2) is 17.2 Å². The van der Waals surface area contributed by atoms with Crippen molar-refractivity contribution >= 4 is 17.5 Å². The van der Waals surface area contributed by atoms with E-state index < -0.39 is 17.2 Å². The second kappa shape index (κ2) is 12.4. The van der Waals surface area contributed by atoms with E-state index in [1.807, 2.05) is 36.4 Å². The monoisotopic (exact) mass is 578 g/mol. The van der Waals surface area contributed by atoms with Gasteiger partial charge in [-0.05, 0) is 86.4 Å².